The van der Waals surface area contributed by atoms with Gasteiger partial charge in [0.05, 0.1) is 5.41 Å². The van der Waals surface area contributed by atoms with Crippen LogP contribution in [0.4, 0.5) is 5.69 Å². The molecule has 1 aromatic carbocycles. The summed E-state index contributed by atoms with van der Waals surface area (Å²) < 4.78 is 0. The summed E-state index contributed by atoms with van der Waals surface area (Å²) in [5, 5.41) is 0. The maximum absolute atomic E-state index is 13.1. The molecule has 3 fully saturated rings. The number of amides is 2. The number of para-hydroxylation sites is 1. The number of rotatable bonds is 5. The van der Waals surface area contributed by atoms with E-state index in [1.807, 2.05) is 0 Å². The number of carbonyl (C=O) groups excluding carboxylic acids is 2. The number of hydrogen-bond donors (Lipinski definition) is 0. The van der Waals surface area contributed by atoms with Gasteiger partial charge < -0.3 is 4.90 Å². The summed E-state index contributed by atoms with van der Waals surface area (Å²) in [6, 6.07) is 8.57. The normalized spacial score (nSPS) is 29.6. The van der Waals surface area contributed by atoms with Gasteiger partial charge in [-0.25, -0.2) is 0 Å². The van der Waals surface area contributed by atoms with E-state index in [1.165, 1.54) is 11.3 Å². The highest BCUT2D eigenvalue weighted by Gasteiger charge is 2.64. The highest BCUT2D eigenvalue weighted by Crippen LogP contribution is 2.60. The third-order valence-electron chi connectivity index (χ3n) is 8.19. The van der Waals surface area contributed by atoms with Crippen LogP contribution in [0.25, 0.3) is 0 Å². The van der Waals surface area contributed by atoms with E-state index in [9.17, 15) is 9.59 Å². The Morgan fingerprint density at radius 2 is 1.69 bits per heavy atom. The molecule has 4 rings (SSSR count). The van der Waals surface area contributed by atoms with Crippen LogP contribution in [0.3, 0.4) is 0 Å². The van der Waals surface area contributed by atoms with Crippen molar-refractivity contribution in [3.63, 3.8) is 0 Å². The van der Waals surface area contributed by atoms with Crippen LogP contribution in [0.1, 0.15) is 45.6 Å². The van der Waals surface area contributed by atoms with Gasteiger partial charge in [-0.05, 0) is 49.8 Å². The smallest absolute Gasteiger partial charge is 0.235 e. The first kappa shape index (κ1) is 20.4. The molecule has 0 spiro atoms. The van der Waals surface area contributed by atoms with Gasteiger partial charge in [-0.15, -0.1) is 0 Å². The molecule has 1 aliphatic carbocycles. The van der Waals surface area contributed by atoms with Gasteiger partial charge in [-0.2, -0.15) is 0 Å². The first-order valence-electron chi connectivity index (χ1n) is 11.1. The first-order valence-corrected chi connectivity index (χ1v) is 11.1. The fourth-order valence-electron chi connectivity index (χ4n) is 5.70. The van der Waals surface area contributed by atoms with Crippen LogP contribution in [-0.4, -0.2) is 60.9 Å². The Labute approximate surface area is 175 Å². The molecule has 5 heteroatoms. The third-order valence-corrected chi connectivity index (χ3v) is 8.19. The van der Waals surface area contributed by atoms with Crippen LogP contribution >= 0.6 is 0 Å². The molecule has 2 unspecified atom stereocenters. The summed E-state index contributed by atoms with van der Waals surface area (Å²) in [6.07, 6.45) is 2.56. The molecule has 29 heavy (non-hydrogen) atoms. The summed E-state index contributed by atoms with van der Waals surface area (Å²) >= 11 is 0. The van der Waals surface area contributed by atoms with Gasteiger partial charge in [0.1, 0.15) is 0 Å². The minimum Gasteiger partial charge on any atom is -0.369 e. The van der Waals surface area contributed by atoms with E-state index in [2.05, 4.69) is 61.8 Å². The second kappa shape index (κ2) is 7.42. The molecule has 1 saturated carbocycles. The number of likely N-dealkylation sites (tertiary alicyclic amines) is 1. The average Bonchev–Trinajstić information content (AvgIpc) is 2.89. The van der Waals surface area contributed by atoms with Crippen molar-refractivity contribution in [1.82, 2.24) is 9.80 Å². The predicted octanol–water partition coefficient (Wildman–Crippen LogP) is 3.32. The summed E-state index contributed by atoms with van der Waals surface area (Å²) in [5.41, 5.74) is 2.06. The van der Waals surface area contributed by atoms with Gasteiger partial charge in [0.25, 0.3) is 0 Å². The number of imide groups is 1. The van der Waals surface area contributed by atoms with Crippen molar-refractivity contribution in [2.24, 2.45) is 16.7 Å². The molecular weight excluding hydrogens is 362 g/mol. The summed E-state index contributed by atoms with van der Waals surface area (Å²) in [4.78, 5) is 32.6. The summed E-state index contributed by atoms with van der Waals surface area (Å²) in [7, 11) is 0. The SMILES string of the molecule is Cc1ccccc1N1CCN(CCCN2C(=O)C3CCC(C)(C2=O)C3(C)C)CC1. The van der Waals surface area contributed by atoms with Crippen molar-refractivity contribution in [3.8, 4) is 0 Å². The van der Waals surface area contributed by atoms with Crippen LogP contribution in [0.5, 0.6) is 0 Å². The molecule has 1 aromatic rings. The molecule has 2 heterocycles. The summed E-state index contributed by atoms with van der Waals surface area (Å²) in [5.74, 6) is 0.132. The molecule has 2 aliphatic heterocycles. The molecule has 0 N–H and O–H groups in total. The zero-order valence-corrected chi connectivity index (χ0v) is 18.4. The first-order chi connectivity index (χ1) is 13.8. The van der Waals surface area contributed by atoms with Crippen LogP contribution in [0.15, 0.2) is 24.3 Å². The van der Waals surface area contributed by atoms with Crippen molar-refractivity contribution in [2.75, 3.05) is 44.2 Å². The van der Waals surface area contributed by atoms with E-state index in [4.69, 9.17) is 0 Å². The number of nitrogens with zero attached hydrogens (tertiary/aromatic N) is 3. The molecule has 3 aliphatic rings. The van der Waals surface area contributed by atoms with E-state index in [-0.39, 0.29) is 28.6 Å². The van der Waals surface area contributed by atoms with E-state index in [1.54, 1.807) is 4.90 Å². The maximum Gasteiger partial charge on any atom is 0.235 e. The molecule has 2 saturated heterocycles. The quantitative estimate of drug-likeness (QED) is 0.715. The number of fused-ring (bicyclic) bond motifs is 2. The molecule has 0 radical (unpaired) electrons. The lowest BCUT2D eigenvalue weighted by atomic mass is 9.62. The Hall–Kier alpha value is -1.88. The van der Waals surface area contributed by atoms with Gasteiger partial charge in [-0.3, -0.25) is 19.4 Å². The lowest BCUT2D eigenvalue weighted by Gasteiger charge is -2.47. The Morgan fingerprint density at radius 1 is 1.00 bits per heavy atom. The standard InChI is InChI=1S/C24H35N3O2/c1-18-8-5-6-9-20(18)26-16-14-25(15-17-26)12-7-13-27-21(28)19-10-11-24(4,22(27)29)23(19,2)3/h5-6,8-9,19H,7,10-17H2,1-4H3. The Bertz CT molecular complexity index is 797. The van der Waals surface area contributed by atoms with Crippen molar-refractivity contribution >= 4 is 17.5 Å². The minimum atomic E-state index is -0.384. The van der Waals surface area contributed by atoms with Crippen LogP contribution in [0, 0.1) is 23.7 Å². The Kier molecular flexibility index (Phi) is 5.22. The lowest BCUT2D eigenvalue weighted by Crippen LogP contribution is -2.59. The lowest BCUT2D eigenvalue weighted by molar-refractivity contribution is -0.167. The number of aryl methyl sites for hydroxylation is 1. The van der Waals surface area contributed by atoms with E-state index in [0.717, 1.165) is 52.0 Å². The van der Waals surface area contributed by atoms with Crippen molar-refractivity contribution < 1.29 is 9.59 Å². The number of benzene rings is 1. The number of piperidine rings is 1. The number of hydrogen-bond acceptors (Lipinski definition) is 4. The van der Waals surface area contributed by atoms with E-state index < -0.39 is 0 Å². The van der Waals surface area contributed by atoms with Gasteiger partial charge in [0.15, 0.2) is 0 Å². The highest BCUT2D eigenvalue weighted by molar-refractivity contribution is 6.03. The van der Waals surface area contributed by atoms with Crippen LogP contribution < -0.4 is 4.90 Å². The molecule has 2 bridgehead atoms. The fraction of sp³-hybridized carbons (Fsp3) is 0.667. The van der Waals surface area contributed by atoms with Gasteiger partial charge in [0.2, 0.25) is 11.8 Å². The van der Waals surface area contributed by atoms with Gasteiger partial charge in [-0.1, -0.05) is 39.0 Å². The van der Waals surface area contributed by atoms with Crippen LogP contribution in [-0.2, 0) is 9.59 Å². The molecular formula is C24H35N3O2. The zero-order valence-electron chi connectivity index (χ0n) is 18.4. The highest BCUT2D eigenvalue weighted by atomic mass is 16.2. The van der Waals surface area contributed by atoms with E-state index in [0.29, 0.717) is 6.54 Å². The maximum atomic E-state index is 13.1. The third kappa shape index (κ3) is 3.27. The van der Waals surface area contributed by atoms with Gasteiger partial charge >= 0.3 is 0 Å². The largest absolute Gasteiger partial charge is 0.369 e. The van der Waals surface area contributed by atoms with Crippen molar-refractivity contribution in [1.29, 1.82) is 0 Å². The summed E-state index contributed by atoms with van der Waals surface area (Å²) in [6.45, 7) is 14.1. The zero-order chi connectivity index (χ0) is 20.8. The molecule has 158 valence electrons. The molecule has 2 amide bonds. The van der Waals surface area contributed by atoms with Crippen molar-refractivity contribution in [2.45, 2.75) is 47.0 Å². The molecule has 2 atom stereocenters. The molecule has 5 nitrogen and oxygen atoms in total. The Morgan fingerprint density at radius 3 is 2.38 bits per heavy atom. The number of carbonyl (C=O) groups is 2. The molecule has 0 aromatic heterocycles. The van der Waals surface area contributed by atoms with Crippen molar-refractivity contribution in [3.05, 3.63) is 29.8 Å². The number of piperazine rings is 1. The number of anilines is 1. The van der Waals surface area contributed by atoms with Gasteiger partial charge in [0, 0.05) is 44.3 Å². The minimum absolute atomic E-state index is 0.00265. The fourth-order valence-corrected chi connectivity index (χ4v) is 5.70. The Balaban J connectivity index is 1.29. The topological polar surface area (TPSA) is 43.9 Å². The second-order valence-corrected chi connectivity index (χ2v) is 9.91. The monoisotopic (exact) mass is 397 g/mol. The van der Waals surface area contributed by atoms with Crippen LogP contribution in [0.2, 0.25) is 0 Å². The van der Waals surface area contributed by atoms with E-state index >= 15 is 0 Å². The predicted molar refractivity (Wildman–Crippen MR) is 116 cm³/mol. The second-order valence-electron chi connectivity index (χ2n) is 9.91. The average molecular weight is 398 g/mol.